The van der Waals surface area contributed by atoms with E-state index in [9.17, 15) is 9.18 Å². The molecule has 1 aliphatic heterocycles. The summed E-state index contributed by atoms with van der Waals surface area (Å²) in [5.41, 5.74) is 2.49. The summed E-state index contributed by atoms with van der Waals surface area (Å²) in [4.78, 5) is 24.5. The summed E-state index contributed by atoms with van der Waals surface area (Å²) < 4.78 is 14.4. The predicted octanol–water partition coefficient (Wildman–Crippen LogP) is 2.03. The van der Waals surface area contributed by atoms with Crippen molar-refractivity contribution in [1.82, 2.24) is 14.9 Å². The molecular weight excluding hydrogens is 283 g/mol. The molecule has 0 atom stereocenters. The molecule has 2 aromatic rings. The molecule has 6 heteroatoms. The molecule has 2 heterocycles. The van der Waals surface area contributed by atoms with Gasteiger partial charge in [-0.2, -0.15) is 0 Å². The van der Waals surface area contributed by atoms with E-state index < -0.39 is 0 Å². The maximum absolute atomic E-state index is 14.4. The monoisotopic (exact) mass is 302 g/mol. The molecule has 1 fully saturated rings. The van der Waals surface area contributed by atoms with E-state index >= 15 is 0 Å². The van der Waals surface area contributed by atoms with Crippen LogP contribution >= 0.6 is 0 Å². The molecule has 1 aromatic heterocycles. The standard InChI is InChI=1S/C16H19FN4O/c1-10-16(11(2)22)19-13-8-12(17)15(9-14(13)18-10)21-6-4-20(3)5-7-21/h8-9H,4-7H2,1-3H3. The summed E-state index contributed by atoms with van der Waals surface area (Å²) >= 11 is 0. The van der Waals surface area contributed by atoms with Crippen LogP contribution in [0.4, 0.5) is 10.1 Å². The number of aryl methyl sites for hydroxylation is 1. The van der Waals surface area contributed by atoms with Gasteiger partial charge in [0.25, 0.3) is 0 Å². The summed E-state index contributed by atoms with van der Waals surface area (Å²) in [7, 11) is 2.06. The van der Waals surface area contributed by atoms with Gasteiger partial charge in [0.1, 0.15) is 11.5 Å². The minimum absolute atomic E-state index is 0.157. The number of rotatable bonds is 2. The fourth-order valence-electron chi connectivity index (χ4n) is 2.78. The Balaban J connectivity index is 2.05. The summed E-state index contributed by atoms with van der Waals surface area (Å²) in [5.74, 6) is -0.472. The van der Waals surface area contributed by atoms with Gasteiger partial charge in [-0.3, -0.25) is 4.79 Å². The van der Waals surface area contributed by atoms with Crippen molar-refractivity contribution in [3.63, 3.8) is 0 Å². The van der Waals surface area contributed by atoms with Gasteiger partial charge in [0.15, 0.2) is 5.78 Å². The van der Waals surface area contributed by atoms with Crippen LogP contribution in [0, 0.1) is 12.7 Å². The number of hydrogen-bond donors (Lipinski definition) is 0. The molecule has 0 amide bonds. The lowest BCUT2D eigenvalue weighted by molar-refractivity contribution is 0.101. The van der Waals surface area contributed by atoms with Crippen molar-refractivity contribution < 1.29 is 9.18 Å². The van der Waals surface area contributed by atoms with Gasteiger partial charge < -0.3 is 9.80 Å². The van der Waals surface area contributed by atoms with Crippen molar-refractivity contribution in [2.24, 2.45) is 0 Å². The second-order valence-electron chi connectivity index (χ2n) is 5.80. The summed E-state index contributed by atoms with van der Waals surface area (Å²) in [6.45, 7) is 6.59. The van der Waals surface area contributed by atoms with E-state index in [1.807, 2.05) is 4.90 Å². The molecule has 0 saturated carbocycles. The van der Waals surface area contributed by atoms with Crippen molar-refractivity contribution in [3.8, 4) is 0 Å². The van der Waals surface area contributed by atoms with Gasteiger partial charge in [-0.05, 0) is 20.0 Å². The normalized spacial score (nSPS) is 16.3. The number of benzene rings is 1. The summed E-state index contributed by atoms with van der Waals surface area (Å²) in [5, 5.41) is 0. The minimum atomic E-state index is -0.315. The molecule has 0 N–H and O–H groups in total. The second-order valence-corrected chi connectivity index (χ2v) is 5.80. The molecule has 5 nitrogen and oxygen atoms in total. The molecule has 22 heavy (non-hydrogen) atoms. The van der Waals surface area contributed by atoms with E-state index in [0.29, 0.717) is 28.1 Å². The highest BCUT2D eigenvalue weighted by atomic mass is 19.1. The van der Waals surface area contributed by atoms with Crippen molar-refractivity contribution in [2.75, 3.05) is 38.1 Å². The first-order valence-electron chi connectivity index (χ1n) is 7.38. The van der Waals surface area contributed by atoms with Crippen LogP contribution in [0.1, 0.15) is 23.1 Å². The summed E-state index contributed by atoms with van der Waals surface area (Å²) in [6.07, 6.45) is 0. The maximum Gasteiger partial charge on any atom is 0.179 e. The fraction of sp³-hybridized carbons (Fsp3) is 0.438. The first-order chi connectivity index (χ1) is 10.5. The number of likely N-dealkylation sites (N-methyl/N-ethyl adjacent to an activating group) is 1. The van der Waals surface area contributed by atoms with Gasteiger partial charge in [-0.25, -0.2) is 14.4 Å². The van der Waals surface area contributed by atoms with E-state index in [1.54, 1.807) is 13.0 Å². The first kappa shape index (κ1) is 14.8. The first-order valence-corrected chi connectivity index (χ1v) is 7.38. The predicted molar refractivity (Wildman–Crippen MR) is 83.9 cm³/mol. The van der Waals surface area contributed by atoms with E-state index in [0.717, 1.165) is 26.2 Å². The number of nitrogens with zero attached hydrogens (tertiary/aromatic N) is 4. The smallest absolute Gasteiger partial charge is 0.179 e. The number of Topliss-reactive ketones (excluding diaryl/α,β-unsaturated/α-hetero) is 1. The molecule has 0 bridgehead atoms. The molecule has 0 radical (unpaired) electrons. The molecule has 3 rings (SSSR count). The Kier molecular flexibility index (Phi) is 3.78. The number of piperazine rings is 1. The number of anilines is 1. The highest BCUT2D eigenvalue weighted by Gasteiger charge is 2.19. The van der Waals surface area contributed by atoms with Crippen LogP contribution in [0.3, 0.4) is 0 Å². The Morgan fingerprint density at radius 1 is 1.14 bits per heavy atom. The Morgan fingerprint density at radius 2 is 1.77 bits per heavy atom. The third-order valence-electron chi connectivity index (χ3n) is 4.08. The van der Waals surface area contributed by atoms with E-state index in [4.69, 9.17) is 0 Å². The van der Waals surface area contributed by atoms with Gasteiger partial charge in [0.2, 0.25) is 0 Å². The highest BCUT2D eigenvalue weighted by Crippen LogP contribution is 2.26. The van der Waals surface area contributed by atoms with Crippen molar-refractivity contribution in [2.45, 2.75) is 13.8 Å². The zero-order valence-electron chi connectivity index (χ0n) is 13.1. The zero-order valence-corrected chi connectivity index (χ0v) is 13.1. The molecule has 1 aromatic carbocycles. The Labute approximate surface area is 128 Å². The Hall–Kier alpha value is -2.08. The fourth-order valence-corrected chi connectivity index (χ4v) is 2.78. The third-order valence-corrected chi connectivity index (χ3v) is 4.08. The molecule has 1 saturated heterocycles. The highest BCUT2D eigenvalue weighted by molar-refractivity contribution is 5.95. The number of ketones is 1. The Morgan fingerprint density at radius 3 is 2.41 bits per heavy atom. The van der Waals surface area contributed by atoms with Crippen LogP contribution < -0.4 is 4.90 Å². The number of carbonyl (C=O) groups is 1. The number of carbonyl (C=O) groups excluding carboxylic acids is 1. The third kappa shape index (κ3) is 2.66. The van der Waals surface area contributed by atoms with Gasteiger partial charge >= 0.3 is 0 Å². The van der Waals surface area contributed by atoms with Crippen molar-refractivity contribution in [3.05, 3.63) is 29.3 Å². The molecule has 1 aliphatic rings. The molecule has 116 valence electrons. The quantitative estimate of drug-likeness (QED) is 0.795. The molecule has 0 spiro atoms. The lowest BCUT2D eigenvalue weighted by Crippen LogP contribution is -2.44. The number of hydrogen-bond acceptors (Lipinski definition) is 5. The van der Waals surface area contributed by atoms with Crippen LogP contribution in [0.2, 0.25) is 0 Å². The largest absolute Gasteiger partial charge is 0.367 e. The molecule has 0 unspecified atom stereocenters. The van der Waals surface area contributed by atoms with Crippen LogP contribution in [0.5, 0.6) is 0 Å². The van der Waals surface area contributed by atoms with Crippen LogP contribution in [0.15, 0.2) is 12.1 Å². The van der Waals surface area contributed by atoms with Crippen LogP contribution in [-0.2, 0) is 0 Å². The SMILES string of the molecule is CC(=O)c1nc2cc(F)c(N3CCN(C)CC3)cc2nc1C. The van der Waals surface area contributed by atoms with Crippen molar-refractivity contribution >= 4 is 22.5 Å². The minimum Gasteiger partial charge on any atom is -0.367 e. The van der Waals surface area contributed by atoms with E-state index in [1.165, 1.54) is 13.0 Å². The lowest BCUT2D eigenvalue weighted by atomic mass is 10.2. The van der Waals surface area contributed by atoms with Gasteiger partial charge in [-0.15, -0.1) is 0 Å². The summed E-state index contributed by atoms with van der Waals surface area (Å²) in [6, 6.07) is 3.11. The maximum atomic E-state index is 14.4. The van der Waals surface area contributed by atoms with Crippen molar-refractivity contribution in [1.29, 1.82) is 0 Å². The second kappa shape index (κ2) is 5.61. The number of halogens is 1. The average Bonchev–Trinajstić information content (AvgIpc) is 2.47. The van der Waals surface area contributed by atoms with Crippen LogP contribution in [-0.4, -0.2) is 53.9 Å². The average molecular weight is 302 g/mol. The zero-order chi connectivity index (χ0) is 15.9. The van der Waals surface area contributed by atoms with Gasteiger partial charge in [0, 0.05) is 39.2 Å². The number of aromatic nitrogens is 2. The Bertz CT molecular complexity index is 738. The molecule has 0 aliphatic carbocycles. The van der Waals surface area contributed by atoms with E-state index in [2.05, 4.69) is 21.9 Å². The number of fused-ring (bicyclic) bond motifs is 1. The lowest BCUT2D eigenvalue weighted by Gasteiger charge is -2.34. The van der Waals surface area contributed by atoms with Gasteiger partial charge in [0.05, 0.1) is 22.4 Å². The molecular formula is C16H19FN4O. The van der Waals surface area contributed by atoms with Gasteiger partial charge in [-0.1, -0.05) is 0 Å². The van der Waals surface area contributed by atoms with E-state index in [-0.39, 0.29) is 11.6 Å². The van der Waals surface area contributed by atoms with Crippen LogP contribution in [0.25, 0.3) is 11.0 Å². The topological polar surface area (TPSA) is 49.3 Å².